The van der Waals surface area contributed by atoms with Crippen LogP contribution >= 0.6 is 0 Å². The zero-order valence-electron chi connectivity index (χ0n) is 13.0. The summed E-state index contributed by atoms with van der Waals surface area (Å²) in [5.41, 5.74) is 1.40. The first-order valence-corrected chi connectivity index (χ1v) is 8.14. The van der Waals surface area contributed by atoms with Gasteiger partial charge in [0.15, 0.2) is 0 Å². The molecule has 1 N–H and O–H groups in total. The van der Waals surface area contributed by atoms with E-state index < -0.39 is 0 Å². The quantitative estimate of drug-likeness (QED) is 0.768. The molecule has 20 heavy (non-hydrogen) atoms. The Bertz CT molecular complexity index is 368. The topological polar surface area (TPSA) is 21.3 Å². The predicted octanol–water partition coefficient (Wildman–Crippen LogP) is 4.19. The third kappa shape index (κ3) is 5.16. The van der Waals surface area contributed by atoms with Gasteiger partial charge < -0.3 is 10.1 Å². The SMILES string of the molecule is COc1ccc(CCC(C)NCCC2CCCC2)cc1. The van der Waals surface area contributed by atoms with E-state index in [1.165, 1.54) is 50.6 Å². The molecule has 2 nitrogen and oxygen atoms in total. The fraction of sp³-hybridized carbons (Fsp3) is 0.667. The van der Waals surface area contributed by atoms with Gasteiger partial charge in [-0.05, 0) is 56.3 Å². The second kappa shape index (κ2) is 8.31. The van der Waals surface area contributed by atoms with Crippen molar-refractivity contribution in [2.24, 2.45) is 5.92 Å². The van der Waals surface area contributed by atoms with Gasteiger partial charge in [0.25, 0.3) is 0 Å². The average molecular weight is 275 g/mol. The summed E-state index contributed by atoms with van der Waals surface area (Å²) in [6.45, 7) is 3.49. The Hall–Kier alpha value is -1.02. The molecule has 2 rings (SSSR count). The van der Waals surface area contributed by atoms with Crippen molar-refractivity contribution in [1.29, 1.82) is 0 Å². The van der Waals surface area contributed by atoms with Gasteiger partial charge in [0.2, 0.25) is 0 Å². The highest BCUT2D eigenvalue weighted by Crippen LogP contribution is 2.26. The number of rotatable bonds is 8. The molecule has 112 valence electrons. The molecule has 1 aromatic carbocycles. The Morgan fingerprint density at radius 3 is 2.55 bits per heavy atom. The highest BCUT2D eigenvalue weighted by molar-refractivity contribution is 5.27. The van der Waals surface area contributed by atoms with Gasteiger partial charge in [0.05, 0.1) is 7.11 Å². The maximum Gasteiger partial charge on any atom is 0.118 e. The van der Waals surface area contributed by atoms with E-state index in [0.717, 1.165) is 18.1 Å². The summed E-state index contributed by atoms with van der Waals surface area (Å²) in [6, 6.07) is 9.05. The third-order valence-electron chi connectivity index (χ3n) is 4.55. The summed E-state index contributed by atoms with van der Waals surface area (Å²) < 4.78 is 5.18. The second-order valence-electron chi connectivity index (χ2n) is 6.18. The minimum absolute atomic E-state index is 0.610. The summed E-state index contributed by atoms with van der Waals surface area (Å²) in [5, 5.41) is 3.68. The summed E-state index contributed by atoms with van der Waals surface area (Å²) in [6.07, 6.45) is 9.55. The van der Waals surface area contributed by atoms with Crippen molar-refractivity contribution in [3.63, 3.8) is 0 Å². The van der Waals surface area contributed by atoms with E-state index in [1.54, 1.807) is 7.11 Å². The van der Waals surface area contributed by atoms with Crippen molar-refractivity contribution >= 4 is 0 Å². The van der Waals surface area contributed by atoms with E-state index >= 15 is 0 Å². The van der Waals surface area contributed by atoms with Crippen LogP contribution in [0.5, 0.6) is 5.75 Å². The Kier molecular flexibility index (Phi) is 6.38. The fourth-order valence-electron chi connectivity index (χ4n) is 3.11. The molecule has 0 amide bonds. The van der Waals surface area contributed by atoms with Crippen molar-refractivity contribution in [1.82, 2.24) is 5.32 Å². The summed E-state index contributed by atoms with van der Waals surface area (Å²) >= 11 is 0. The molecule has 0 spiro atoms. The Morgan fingerprint density at radius 2 is 1.90 bits per heavy atom. The number of hydrogen-bond acceptors (Lipinski definition) is 2. The smallest absolute Gasteiger partial charge is 0.118 e. The van der Waals surface area contributed by atoms with Crippen LogP contribution in [0.25, 0.3) is 0 Å². The number of hydrogen-bond donors (Lipinski definition) is 1. The fourth-order valence-corrected chi connectivity index (χ4v) is 3.11. The summed E-state index contributed by atoms with van der Waals surface area (Å²) in [4.78, 5) is 0. The van der Waals surface area contributed by atoms with Crippen LogP contribution in [0.15, 0.2) is 24.3 Å². The number of aryl methyl sites for hydroxylation is 1. The van der Waals surface area contributed by atoms with Crippen molar-refractivity contribution < 1.29 is 4.74 Å². The lowest BCUT2D eigenvalue weighted by Gasteiger charge is -2.16. The summed E-state index contributed by atoms with van der Waals surface area (Å²) in [5.74, 6) is 1.94. The second-order valence-corrected chi connectivity index (χ2v) is 6.18. The molecule has 0 saturated heterocycles. The van der Waals surface area contributed by atoms with Crippen LogP contribution in [0, 0.1) is 5.92 Å². The molecule has 0 aromatic heterocycles. The Morgan fingerprint density at radius 1 is 1.20 bits per heavy atom. The lowest BCUT2D eigenvalue weighted by Crippen LogP contribution is -2.28. The van der Waals surface area contributed by atoms with E-state index in [0.29, 0.717) is 6.04 Å². The lowest BCUT2D eigenvalue weighted by molar-refractivity contribution is 0.414. The molecular formula is C18H29NO. The maximum atomic E-state index is 5.18. The van der Waals surface area contributed by atoms with Crippen molar-refractivity contribution in [2.75, 3.05) is 13.7 Å². The Labute approximate surface area is 123 Å². The molecule has 0 radical (unpaired) electrons. The van der Waals surface area contributed by atoms with Crippen LogP contribution in [0.1, 0.15) is 51.0 Å². The molecule has 0 bridgehead atoms. The molecule has 2 heteroatoms. The van der Waals surface area contributed by atoms with E-state index in [2.05, 4.69) is 24.4 Å². The van der Waals surface area contributed by atoms with E-state index in [4.69, 9.17) is 4.74 Å². The van der Waals surface area contributed by atoms with E-state index in [9.17, 15) is 0 Å². The molecule has 1 atom stereocenters. The first kappa shape index (κ1) is 15.4. The molecular weight excluding hydrogens is 246 g/mol. The predicted molar refractivity (Wildman–Crippen MR) is 85.4 cm³/mol. The zero-order chi connectivity index (χ0) is 14.2. The molecule has 1 saturated carbocycles. The van der Waals surface area contributed by atoms with Crippen molar-refractivity contribution in [2.45, 2.75) is 57.9 Å². The van der Waals surface area contributed by atoms with Crippen molar-refractivity contribution in [3.05, 3.63) is 29.8 Å². The van der Waals surface area contributed by atoms with Crippen LogP contribution in [0.2, 0.25) is 0 Å². The van der Waals surface area contributed by atoms with Gasteiger partial charge in [-0.25, -0.2) is 0 Å². The third-order valence-corrected chi connectivity index (χ3v) is 4.55. The summed E-state index contributed by atoms with van der Waals surface area (Å²) in [7, 11) is 1.71. The molecule has 0 aliphatic heterocycles. The number of methoxy groups -OCH3 is 1. The minimum atomic E-state index is 0.610. The number of benzene rings is 1. The van der Waals surface area contributed by atoms with Crippen LogP contribution in [0.4, 0.5) is 0 Å². The number of nitrogens with one attached hydrogen (secondary N) is 1. The van der Waals surface area contributed by atoms with Crippen molar-refractivity contribution in [3.8, 4) is 5.75 Å². The highest BCUT2D eigenvalue weighted by atomic mass is 16.5. The minimum Gasteiger partial charge on any atom is -0.497 e. The van der Waals surface area contributed by atoms with Gasteiger partial charge in [-0.2, -0.15) is 0 Å². The van der Waals surface area contributed by atoms with Gasteiger partial charge in [0, 0.05) is 6.04 Å². The van der Waals surface area contributed by atoms with Crippen LogP contribution in [-0.4, -0.2) is 19.7 Å². The molecule has 1 aromatic rings. The van der Waals surface area contributed by atoms with Gasteiger partial charge in [-0.15, -0.1) is 0 Å². The maximum absolute atomic E-state index is 5.18. The highest BCUT2D eigenvalue weighted by Gasteiger charge is 2.14. The van der Waals surface area contributed by atoms with Crippen LogP contribution in [0.3, 0.4) is 0 Å². The average Bonchev–Trinajstić information content (AvgIpc) is 2.99. The monoisotopic (exact) mass is 275 g/mol. The first-order chi connectivity index (χ1) is 9.78. The standard InChI is InChI=1S/C18H29NO/c1-15(19-14-13-16-5-3-4-6-16)7-8-17-9-11-18(20-2)12-10-17/h9-12,15-16,19H,3-8,13-14H2,1-2H3. The van der Waals surface area contributed by atoms with Crippen LogP contribution in [-0.2, 0) is 6.42 Å². The van der Waals surface area contributed by atoms with Gasteiger partial charge >= 0.3 is 0 Å². The molecule has 1 fully saturated rings. The largest absolute Gasteiger partial charge is 0.497 e. The van der Waals surface area contributed by atoms with Gasteiger partial charge in [-0.3, -0.25) is 0 Å². The van der Waals surface area contributed by atoms with Gasteiger partial charge in [0.1, 0.15) is 5.75 Å². The number of ether oxygens (including phenoxy) is 1. The molecule has 0 heterocycles. The molecule has 1 unspecified atom stereocenters. The molecule has 1 aliphatic rings. The lowest BCUT2D eigenvalue weighted by atomic mass is 10.0. The molecule has 1 aliphatic carbocycles. The normalized spacial score (nSPS) is 17.3. The Balaban J connectivity index is 1.59. The van der Waals surface area contributed by atoms with Crippen LogP contribution < -0.4 is 10.1 Å². The van der Waals surface area contributed by atoms with E-state index in [1.807, 2.05) is 12.1 Å². The zero-order valence-corrected chi connectivity index (χ0v) is 13.0. The van der Waals surface area contributed by atoms with Gasteiger partial charge in [-0.1, -0.05) is 37.8 Å². The first-order valence-electron chi connectivity index (χ1n) is 8.14. The van der Waals surface area contributed by atoms with E-state index in [-0.39, 0.29) is 0 Å².